The van der Waals surface area contributed by atoms with Crippen LogP contribution in [0.5, 0.6) is 0 Å². The van der Waals surface area contributed by atoms with Gasteiger partial charge in [0.1, 0.15) is 11.9 Å². The van der Waals surface area contributed by atoms with Gasteiger partial charge < -0.3 is 20.7 Å². The van der Waals surface area contributed by atoms with Gasteiger partial charge in [0.2, 0.25) is 11.8 Å². The van der Waals surface area contributed by atoms with Crippen molar-refractivity contribution in [1.82, 2.24) is 15.6 Å². The van der Waals surface area contributed by atoms with E-state index in [1.54, 1.807) is 18.2 Å². The summed E-state index contributed by atoms with van der Waals surface area (Å²) in [6.07, 6.45) is 0. The van der Waals surface area contributed by atoms with Crippen LogP contribution >= 0.6 is 0 Å². The number of fused-ring (bicyclic) bond motifs is 1. The number of carbonyl (C=O) groups excluding carboxylic acids is 2. The van der Waals surface area contributed by atoms with Gasteiger partial charge in [-0.3, -0.25) is 9.59 Å². The van der Waals surface area contributed by atoms with Crippen molar-refractivity contribution >= 4 is 22.7 Å². The van der Waals surface area contributed by atoms with Gasteiger partial charge in [0.15, 0.2) is 0 Å². The highest BCUT2D eigenvalue weighted by atomic mass is 19.1. The quantitative estimate of drug-likeness (QED) is 0.526. The lowest BCUT2D eigenvalue weighted by atomic mass is 10.0. The fraction of sp³-hybridized carbons (Fsp3) is 0.238. The average molecular weight is 383 g/mol. The monoisotopic (exact) mass is 383 g/mol. The van der Waals surface area contributed by atoms with Crippen molar-refractivity contribution in [1.29, 1.82) is 0 Å². The second kappa shape index (κ2) is 8.22. The van der Waals surface area contributed by atoms with E-state index < -0.39 is 18.6 Å². The molecule has 0 aliphatic rings. The Morgan fingerprint density at radius 3 is 2.64 bits per heavy atom. The third-order valence-electron chi connectivity index (χ3n) is 4.61. The van der Waals surface area contributed by atoms with Gasteiger partial charge in [0.05, 0.1) is 12.3 Å². The number of benzene rings is 2. The molecule has 1 heterocycles. The highest BCUT2D eigenvalue weighted by Gasteiger charge is 2.18. The number of aryl methyl sites for hydroxylation is 1. The molecule has 146 valence electrons. The molecule has 0 bridgehead atoms. The largest absolute Gasteiger partial charge is 0.394 e. The normalized spacial score (nSPS) is 12.0. The summed E-state index contributed by atoms with van der Waals surface area (Å²) in [6.45, 7) is 2.96. The predicted octanol–water partition coefficient (Wildman–Crippen LogP) is 2.40. The standard InChI is InChI=1S/C21H22FN3O3/c1-12-16-9-14(10-23-21(28)19(11-26)24-13(2)27)7-8-18(16)25-20(12)15-5-3-4-6-17(15)22/h3-9,19,25-26H,10-11H2,1-2H3,(H,23,28)(H,24,27)/t19-/m0/s1. The van der Waals surface area contributed by atoms with Crippen molar-refractivity contribution in [3.05, 3.63) is 59.4 Å². The first-order valence-corrected chi connectivity index (χ1v) is 8.92. The first-order valence-electron chi connectivity index (χ1n) is 8.92. The van der Waals surface area contributed by atoms with Crippen LogP contribution < -0.4 is 10.6 Å². The average Bonchev–Trinajstić information content (AvgIpc) is 3.00. The first kappa shape index (κ1) is 19.6. The lowest BCUT2D eigenvalue weighted by Gasteiger charge is -2.15. The molecule has 0 spiro atoms. The summed E-state index contributed by atoms with van der Waals surface area (Å²) in [4.78, 5) is 26.4. The number of amides is 2. The Morgan fingerprint density at radius 2 is 1.96 bits per heavy atom. The predicted molar refractivity (Wildman–Crippen MR) is 105 cm³/mol. The van der Waals surface area contributed by atoms with Crippen LogP contribution in [0, 0.1) is 12.7 Å². The molecule has 0 saturated heterocycles. The molecule has 0 aliphatic heterocycles. The number of hydrogen-bond acceptors (Lipinski definition) is 3. The molecular formula is C21H22FN3O3. The van der Waals surface area contributed by atoms with Gasteiger partial charge in [-0.25, -0.2) is 4.39 Å². The fourth-order valence-corrected chi connectivity index (χ4v) is 3.17. The van der Waals surface area contributed by atoms with E-state index in [2.05, 4.69) is 15.6 Å². The number of hydrogen-bond donors (Lipinski definition) is 4. The molecule has 0 saturated carbocycles. The van der Waals surface area contributed by atoms with E-state index in [9.17, 15) is 19.1 Å². The maximum atomic E-state index is 14.2. The van der Waals surface area contributed by atoms with Crippen LogP contribution in [0.3, 0.4) is 0 Å². The number of aromatic amines is 1. The highest BCUT2D eigenvalue weighted by molar-refractivity contribution is 5.91. The van der Waals surface area contributed by atoms with E-state index in [-0.39, 0.29) is 18.3 Å². The van der Waals surface area contributed by atoms with E-state index in [0.717, 1.165) is 27.7 Å². The molecule has 2 aromatic carbocycles. The van der Waals surface area contributed by atoms with E-state index in [4.69, 9.17) is 0 Å². The molecule has 7 heteroatoms. The van der Waals surface area contributed by atoms with Crippen LogP contribution in [0.25, 0.3) is 22.2 Å². The molecular weight excluding hydrogens is 361 g/mol. The molecule has 0 radical (unpaired) electrons. The zero-order valence-corrected chi connectivity index (χ0v) is 15.7. The number of carbonyl (C=O) groups is 2. The van der Waals surface area contributed by atoms with Gasteiger partial charge in [0, 0.05) is 29.9 Å². The van der Waals surface area contributed by atoms with Gasteiger partial charge in [-0.05, 0) is 42.3 Å². The van der Waals surface area contributed by atoms with Gasteiger partial charge in [-0.15, -0.1) is 0 Å². The number of H-pyrrole nitrogens is 1. The van der Waals surface area contributed by atoms with Crippen molar-refractivity contribution in [2.24, 2.45) is 0 Å². The number of aromatic nitrogens is 1. The van der Waals surface area contributed by atoms with E-state index in [0.29, 0.717) is 5.56 Å². The smallest absolute Gasteiger partial charge is 0.245 e. The van der Waals surface area contributed by atoms with Gasteiger partial charge >= 0.3 is 0 Å². The Hall–Kier alpha value is -3.19. The minimum atomic E-state index is -0.983. The Bertz CT molecular complexity index is 1030. The molecule has 28 heavy (non-hydrogen) atoms. The highest BCUT2D eigenvalue weighted by Crippen LogP contribution is 2.31. The fourth-order valence-electron chi connectivity index (χ4n) is 3.17. The molecule has 4 N–H and O–H groups in total. The second-order valence-electron chi connectivity index (χ2n) is 6.64. The number of aliphatic hydroxyl groups is 1. The van der Waals surface area contributed by atoms with Crippen molar-refractivity contribution in [2.75, 3.05) is 6.61 Å². The zero-order valence-electron chi connectivity index (χ0n) is 15.7. The van der Waals surface area contributed by atoms with Crippen LogP contribution in [0.4, 0.5) is 4.39 Å². The van der Waals surface area contributed by atoms with Crippen molar-refractivity contribution in [3.63, 3.8) is 0 Å². The number of nitrogens with one attached hydrogen (secondary N) is 3. The molecule has 0 unspecified atom stereocenters. The van der Waals surface area contributed by atoms with Crippen molar-refractivity contribution in [2.45, 2.75) is 26.4 Å². The van der Waals surface area contributed by atoms with Crippen molar-refractivity contribution < 1.29 is 19.1 Å². The summed E-state index contributed by atoms with van der Waals surface area (Å²) in [5, 5.41) is 15.3. The van der Waals surface area contributed by atoms with Crippen LogP contribution in [0.15, 0.2) is 42.5 Å². The summed E-state index contributed by atoms with van der Waals surface area (Å²) < 4.78 is 14.2. The molecule has 1 aromatic heterocycles. The summed E-state index contributed by atoms with van der Waals surface area (Å²) in [7, 11) is 0. The van der Waals surface area contributed by atoms with Gasteiger partial charge in [-0.1, -0.05) is 18.2 Å². The molecule has 3 rings (SSSR count). The summed E-state index contributed by atoms with van der Waals surface area (Å²) in [5.41, 5.74) is 3.87. The SMILES string of the molecule is CC(=O)N[C@@H](CO)C(=O)NCc1ccc2[nH]c(-c3ccccc3F)c(C)c2c1. The Kier molecular flexibility index (Phi) is 5.75. The van der Waals surface area contributed by atoms with E-state index in [1.807, 2.05) is 25.1 Å². The van der Waals surface area contributed by atoms with Crippen LogP contribution in [-0.2, 0) is 16.1 Å². The third kappa shape index (κ3) is 4.04. The zero-order chi connectivity index (χ0) is 20.3. The molecule has 1 atom stereocenters. The third-order valence-corrected chi connectivity index (χ3v) is 4.61. The number of halogens is 1. The first-order chi connectivity index (χ1) is 13.4. The molecule has 0 fully saturated rings. The van der Waals surface area contributed by atoms with E-state index in [1.165, 1.54) is 13.0 Å². The molecule has 2 amide bonds. The van der Waals surface area contributed by atoms with Crippen LogP contribution in [-0.4, -0.2) is 34.6 Å². The molecule has 3 aromatic rings. The molecule has 0 aliphatic carbocycles. The van der Waals surface area contributed by atoms with Crippen LogP contribution in [0.2, 0.25) is 0 Å². The number of aliphatic hydroxyl groups excluding tert-OH is 1. The lowest BCUT2D eigenvalue weighted by Crippen LogP contribution is -2.48. The minimum absolute atomic E-state index is 0.241. The van der Waals surface area contributed by atoms with E-state index >= 15 is 0 Å². The van der Waals surface area contributed by atoms with Crippen LogP contribution in [0.1, 0.15) is 18.1 Å². The van der Waals surface area contributed by atoms with Gasteiger partial charge in [0.25, 0.3) is 0 Å². The van der Waals surface area contributed by atoms with Gasteiger partial charge in [-0.2, -0.15) is 0 Å². The topological polar surface area (TPSA) is 94.2 Å². The minimum Gasteiger partial charge on any atom is -0.394 e. The second-order valence-corrected chi connectivity index (χ2v) is 6.64. The Labute approximate surface area is 161 Å². The lowest BCUT2D eigenvalue weighted by molar-refractivity contribution is -0.129. The maximum Gasteiger partial charge on any atom is 0.245 e. The van der Waals surface area contributed by atoms with Crippen molar-refractivity contribution in [3.8, 4) is 11.3 Å². The number of rotatable bonds is 6. The maximum absolute atomic E-state index is 14.2. The Balaban J connectivity index is 1.81. The Morgan fingerprint density at radius 1 is 1.21 bits per heavy atom. The summed E-state index contributed by atoms with van der Waals surface area (Å²) in [5.74, 6) is -1.15. The molecule has 6 nitrogen and oxygen atoms in total. The summed E-state index contributed by atoms with van der Waals surface area (Å²) >= 11 is 0. The summed E-state index contributed by atoms with van der Waals surface area (Å²) in [6, 6.07) is 11.3.